The lowest BCUT2D eigenvalue weighted by atomic mass is 9.96. The molecule has 1 saturated heterocycles. The van der Waals surface area contributed by atoms with Gasteiger partial charge in [0, 0.05) is 45.9 Å². The van der Waals surface area contributed by atoms with Crippen molar-refractivity contribution in [2.24, 2.45) is 16.8 Å². The van der Waals surface area contributed by atoms with Crippen LogP contribution < -0.4 is 5.32 Å². The fourth-order valence-corrected chi connectivity index (χ4v) is 3.86. The quantitative estimate of drug-likeness (QED) is 0.239. The molecule has 0 bridgehead atoms. The first-order chi connectivity index (χ1) is 14.2. The number of aliphatic hydroxyl groups excluding tert-OH is 1. The number of rotatable bonds is 10. The van der Waals surface area contributed by atoms with E-state index in [0.717, 1.165) is 70.8 Å². The Labute approximate surface area is 207 Å². The van der Waals surface area contributed by atoms with Crippen molar-refractivity contribution in [3.63, 3.8) is 0 Å². The van der Waals surface area contributed by atoms with Crippen LogP contribution in [-0.2, 0) is 4.74 Å². The topological polar surface area (TPSA) is 77.4 Å². The highest BCUT2D eigenvalue weighted by Crippen LogP contribution is 2.20. The van der Waals surface area contributed by atoms with Gasteiger partial charge in [-0.15, -0.1) is 24.0 Å². The maximum absolute atomic E-state index is 12.4. The lowest BCUT2D eigenvalue weighted by Crippen LogP contribution is -2.48. The summed E-state index contributed by atoms with van der Waals surface area (Å²) < 4.78 is 5.55. The number of hydrogen-bond acceptors (Lipinski definition) is 4. The van der Waals surface area contributed by atoms with Gasteiger partial charge < -0.3 is 25.0 Å². The first-order valence-corrected chi connectivity index (χ1v) is 11.9. The van der Waals surface area contributed by atoms with Gasteiger partial charge >= 0.3 is 6.09 Å². The van der Waals surface area contributed by atoms with Crippen molar-refractivity contribution in [3.05, 3.63) is 0 Å². The zero-order valence-corrected chi connectivity index (χ0v) is 23.0. The molecule has 2 N–H and O–H groups in total. The molecule has 7 nitrogen and oxygen atoms in total. The van der Waals surface area contributed by atoms with Crippen molar-refractivity contribution in [2.75, 3.05) is 45.9 Å². The molecule has 1 amide bonds. The van der Waals surface area contributed by atoms with Crippen molar-refractivity contribution in [1.82, 2.24) is 15.1 Å². The van der Waals surface area contributed by atoms with E-state index in [0.29, 0.717) is 18.4 Å². The maximum Gasteiger partial charge on any atom is 0.410 e. The zero-order chi connectivity index (χ0) is 22.6. The van der Waals surface area contributed by atoms with Gasteiger partial charge in [0.15, 0.2) is 5.96 Å². The van der Waals surface area contributed by atoms with Crippen LogP contribution in [0.15, 0.2) is 4.99 Å². The van der Waals surface area contributed by atoms with Crippen LogP contribution in [0.2, 0.25) is 0 Å². The van der Waals surface area contributed by atoms with Crippen molar-refractivity contribution in [1.29, 1.82) is 0 Å². The number of likely N-dealkylation sites (tertiary alicyclic amines) is 1. The summed E-state index contributed by atoms with van der Waals surface area (Å²) in [4.78, 5) is 21.5. The third-order valence-electron chi connectivity index (χ3n) is 5.49. The second kappa shape index (κ2) is 15.9. The van der Waals surface area contributed by atoms with Gasteiger partial charge in [0.2, 0.25) is 0 Å². The summed E-state index contributed by atoms with van der Waals surface area (Å²) in [5.41, 5.74) is -0.462. The van der Waals surface area contributed by atoms with Crippen LogP contribution in [-0.4, -0.2) is 78.4 Å². The van der Waals surface area contributed by atoms with Crippen LogP contribution in [0.1, 0.15) is 73.6 Å². The molecule has 0 aromatic heterocycles. The third-order valence-corrected chi connectivity index (χ3v) is 5.49. The minimum absolute atomic E-state index is 0. The number of guanidine groups is 1. The Morgan fingerprint density at radius 3 is 2.35 bits per heavy atom. The zero-order valence-electron chi connectivity index (χ0n) is 20.7. The molecular weight excluding hydrogens is 507 g/mol. The Morgan fingerprint density at radius 1 is 1.23 bits per heavy atom. The predicted octanol–water partition coefficient (Wildman–Crippen LogP) is 4.34. The number of carbonyl (C=O) groups is 1. The number of carbonyl (C=O) groups excluding carboxylic acids is 1. The Balaban J connectivity index is 0.00000900. The van der Waals surface area contributed by atoms with E-state index < -0.39 is 5.60 Å². The Kier molecular flexibility index (Phi) is 15.5. The number of amides is 1. The number of hydrogen-bond donors (Lipinski definition) is 2. The van der Waals surface area contributed by atoms with Crippen molar-refractivity contribution < 1.29 is 14.6 Å². The van der Waals surface area contributed by atoms with Gasteiger partial charge in [0.1, 0.15) is 5.60 Å². The monoisotopic (exact) mass is 554 g/mol. The van der Waals surface area contributed by atoms with E-state index in [1.807, 2.05) is 32.6 Å². The molecule has 0 aromatic rings. The second-order valence-electron chi connectivity index (χ2n) is 9.31. The number of aliphatic hydroxyl groups is 1. The van der Waals surface area contributed by atoms with Crippen LogP contribution >= 0.6 is 24.0 Å². The van der Waals surface area contributed by atoms with Crippen molar-refractivity contribution >= 4 is 36.0 Å². The van der Waals surface area contributed by atoms with E-state index in [9.17, 15) is 9.90 Å². The molecule has 0 aliphatic carbocycles. The van der Waals surface area contributed by atoms with Crippen molar-refractivity contribution in [3.8, 4) is 0 Å². The van der Waals surface area contributed by atoms with E-state index in [1.54, 1.807) is 0 Å². The standard InChI is InChI=1S/C23H46N4O3.HI/c1-7-10-19(13-16-28)17-25-21(24-8-2)27-14-11-20(12-15-27)18-26(9-3)22(29)30-23(4,5)6;/h19-20,28H,7-18H2,1-6H3,(H,24,25);1H. The van der Waals surface area contributed by atoms with E-state index >= 15 is 0 Å². The predicted molar refractivity (Wildman–Crippen MR) is 139 cm³/mol. The van der Waals surface area contributed by atoms with Crippen LogP contribution in [0.5, 0.6) is 0 Å². The fraction of sp³-hybridized carbons (Fsp3) is 0.913. The highest BCUT2D eigenvalue weighted by molar-refractivity contribution is 14.0. The number of nitrogens with zero attached hydrogens (tertiary/aromatic N) is 3. The largest absolute Gasteiger partial charge is 0.444 e. The minimum atomic E-state index is -0.462. The molecule has 184 valence electrons. The number of piperidine rings is 1. The van der Waals surface area contributed by atoms with Crippen molar-refractivity contribution in [2.45, 2.75) is 79.2 Å². The van der Waals surface area contributed by atoms with Gasteiger partial charge in [-0.2, -0.15) is 0 Å². The summed E-state index contributed by atoms with van der Waals surface area (Å²) >= 11 is 0. The minimum Gasteiger partial charge on any atom is -0.444 e. The van der Waals surface area contributed by atoms with Gasteiger partial charge in [0.25, 0.3) is 0 Å². The molecule has 0 radical (unpaired) electrons. The molecule has 0 aromatic carbocycles. The van der Waals surface area contributed by atoms with Gasteiger partial charge in [-0.05, 0) is 72.1 Å². The number of nitrogens with one attached hydrogen (secondary N) is 1. The summed E-state index contributed by atoms with van der Waals surface area (Å²) in [5.74, 6) is 1.91. The van der Waals surface area contributed by atoms with E-state index in [1.165, 1.54) is 0 Å². The van der Waals surface area contributed by atoms with Gasteiger partial charge in [-0.1, -0.05) is 13.3 Å². The Morgan fingerprint density at radius 2 is 1.87 bits per heavy atom. The molecule has 1 aliphatic rings. The number of aliphatic imine (C=N–C) groups is 1. The summed E-state index contributed by atoms with van der Waals surface area (Å²) in [6.45, 7) is 17.2. The first kappa shape index (κ1) is 30.2. The Hall–Kier alpha value is -0.770. The highest BCUT2D eigenvalue weighted by Gasteiger charge is 2.27. The van der Waals surface area contributed by atoms with E-state index in [-0.39, 0.29) is 36.7 Å². The van der Waals surface area contributed by atoms with Crippen LogP contribution in [0.4, 0.5) is 4.79 Å². The van der Waals surface area contributed by atoms with E-state index in [2.05, 4.69) is 24.1 Å². The molecule has 31 heavy (non-hydrogen) atoms. The van der Waals surface area contributed by atoms with Gasteiger partial charge in [0.05, 0.1) is 0 Å². The van der Waals surface area contributed by atoms with Crippen LogP contribution in [0.3, 0.4) is 0 Å². The molecule has 0 spiro atoms. The highest BCUT2D eigenvalue weighted by atomic mass is 127. The van der Waals surface area contributed by atoms with Crippen LogP contribution in [0, 0.1) is 11.8 Å². The van der Waals surface area contributed by atoms with E-state index in [4.69, 9.17) is 9.73 Å². The molecule has 0 saturated carbocycles. The molecule has 1 atom stereocenters. The average Bonchev–Trinajstić information content (AvgIpc) is 2.68. The van der Waals surface area contributed by atoms with Gasteiger partial charge in [-0.3, -0.25) is 4.99 Å². The van der Waals surface area contributed by atoms with Crippen LogP contribution in [0.25, 0.3) is 0 Å². The summed E-state index contributed by atoms with van der Waals surface area (Å²) in [6.07, 6.45) is 4.90. The molecular formula is C23H47IN4O3. The third kappa shape index (κ3) is 12.2. The molecule has 1 unspecified atom stereocenters. The molecule has 8 heteroatoms. The second-order valence-corrected chi connectivity index (χ2v) is 9.31. The fourth-order valence-electron chi connectivity index (χ4n) is 3.86. The first-order valence-electron chi connectivity index (χ1n) is 11.9. The maximum atomic E-state index is 12.4. The Bertz CT molecular complexity index is 511. The average molecular weight is 555 g/mol. The molecule has 1 heterocycles. The summed E-state index contributed by atoms with van der Waals surface area (Å²) in [6, 6.07) is 0. The smallest absolute Gasteiger partial charge is 0.410 e. The number of ether oxygens (including phenoxy) is 1. The lowest BCUT2D eigenvalue weighted by molar-refractivity contribution is 0.0214. The molecule has 1 aliphatic heterocycles. The van der Waals surface area contributed by atoms with Gasteiger partial charge in [-0.25, -0.2) is 4.79 Å². The lowest BCUT2D eigenvalue weighted by Gasteiger charge is -2.36. The number of halogens is 1. The SMILES string of the molecule is CCCC(CCO)CN=C(NCC)N1CCC(CN(CC)C(=O)OC(C)(C)C)CC1.I. The summed E-state index contributed by atoms with van der Waals surface area (Å²) in [5, 5.41) is 12.7. The molecule has 1 rings (SSSR count). The molecule has 1 fully saturated rings. The normalized spacial score (nSPS) is 16.5. The summed E-state index contributed by atoms with van der Waals surface area (Å²) in [7, 11) is 0.